The van der Waals surface area contributed by atoms with Crippen LogP contribution in [-0.2, 0) is 0 Å². The van der Waals surface area contributed by atoms with Gasteiger partial charge in [0.1, 0.15) is 11.5 Å². The van der Waals surface area contributed by atoms with Gasteiger partial charge in [-0.25, -0.2) is 4.98 Å². The van der Waals surface area contributed by atoms with Gasteiger partial charge in [0, 0.05) is 25.7 Å². The molecule has 0 bridgehead atoms. The zero-order valence-corrected chi connectivity index (χ0v) is 15.4. The number of nitrogens with one attached hydrogen (secondary N) is 1. The molecule has 0 spiro atoms. The smallest absolute Gasteiger partial charge is 0.278 e. The molecule has 2 aliphatic rings. The SMILES string of the molecule is CC(C)C1CN(C(=O)c2cncc(N3CCCC3)n2)c2ccccc2N1. The van der Waals surface area contributed by atoms with Crippen LogP contribution in [0.3, 0.4) is 0 Å². The van der Waals surface area contributed by atoms with E-state index in [9.17, 15) is 4.79 Å². The van der Waals surface area contributed by atoms with E-state index in [0.717, 1.165) is 30.3 Å². The number of rotatable bonds is 3. The standard InChI is InChI=1S/C20H25N5O/c1-14(2)17-13-25(18-8-4-3-7-15(18)22-17)20(26)16-11-21-12-19(23-16)24-9-5-6-10-24/h3-4,7-8,11-12,14,17,22H,5-6,9-10,13H2,1-2H3. The van der Waals surface area contributed by atoms with Crippen LogP contribution in [0.2, 0.25) is 0 Å². The summed E-state index contributed by atoms with van der Waals surface area (Å²) in [6.45, 7) is 6.93. The van der Waals surface area contributed by atoms with Crippen molar-refractivity contribution in [1.29, 1.82) is 0 Å². The molecule has 26 heavy (non-hydrogen) atoms. The summed E-state index contributed by atoms with van der Waals surface area (Å²) in [5, 5.41) is 3.55. The zero-order valence-electron chi connectivity index (χ0n) is 15.4. The number of aromatic nitrogens is 2. The second kappa shape index (κ2) is 6.94. The molecule has 0 radical (unpaired) electrons. The molecule has 3 heterocycles. The summed E-state index contributed by atoms with van der Waals surface area (Å²) in [7, 11) is 0. The third-order valence-electron chi connectivity index (χ3n) is 5.24. The lowest BCUT2D eigenvalue weighted by atomic mass is 9.99. The number of hydrogen-bond acceptors (Lipinski definition) is 5. The number of amides is 1. The number of fused-ring (bicyclic) bond motifs is 1. The molecule has 2 aliphatic heterocycles. The number of carbonyl (C=O) groups is 1. The first-order valence-corrected chi connectivity index (χ1v) is 9.38. The minimum Gasteiger partial charge on any atom is -0.379 e. The first-order valence-electron chi connectivity index (χ1n) is 9.38. The van der Waals surface area contributed by atoms with E-state index in [2.05, 4.69) is 34.0 Å². The largest absolute Gasteiger partial charge is 0.379 e. The van der Waals surface area contributed by atoms with Crippen molar-refractivity contribution < 1.29 is 4.79 Å². The molecule has 6 heteroatoms. The lowest BCUT2D eigenvalue weighted by molar-refractivity contribution is 0.0978. The van der Waals surface area contributed by atoms with E-state index in [1.165, 1.54) is 12.8 Å². The highest BCUT2D eigenvalue weighted by molar-refractivity contribution is 6.07. The minimum atomic E-state index is -0.0850. The van der Waals surface area contributed by atoms with Gasteiger partial charge in [-0.05, 0) is 30.9 Å². The van der Waals surface area contributed by atoms with Crippen LogP contribution in [0.25, 0.3) is 0 Å². The third kappa shape index (κ3) is 3.11. The quantitative estimate of drug-likeness (QED) is 0.920. The molecular weight excluding hydrogens is 326 g/mol. The van der Waals surface area contributed by atoms with Gasteiger partial charge >= 0.3 is 0 Å². The number of para-hydroxylation sites is 2. The normalized spacial score (nSPS) is 19.4. The van der Waals surface area contributed by atoms with Gasteiger partial charge in [-0.15, -0.1) is 0 Å². The Hall–Kier alpha value is -2.63. The fraction of sp³-hybridized carbons (Fsp3) is 0.450. The second-order valence-corrected chi connectivity index (χ2v) is 7.38. The average molecular weight is 351 g/mol. The van der Waals surface area contributed by atoms with Gasteiger partial charge in [0.2, 0.25) is 0 Å². The van der Waals surface area contributed by atoms with E-state index in [-0.39, 0.29) is 11.9 Å². The Morgan fingerprint density at radius 2 is 1.96 bits per heavy atom. The predicted octanol–water partition coefficient (Wildman–Crippen LogP) is 3.17. The van der Waals surface area contributed by atoms with Crippen molar-refractivity contribution in [2.45, 2.75) is 32.7 Å². The van der Waals surface area contributed by atoms with Crippen molar-refractivity contribution in [3.05, 3.63) is 42.4 Å². The molecule has 1 aromatic heterocycles. The predicted molar refractivity (Wildman–Crippen MR) is 104 cm³/mol. The molecule has 1 unspecified atom stereocenters. The molecule has 4 rings (SSSR count). The molecule has 1 amide bonds. The lowest BCUT2D eigenvalue weighted by Crippen LogP contribution is -2.47. The van der Waals surface area contributed by atoms with Crippen molar-refractivity contribution in [3.8, 4) is 0 Å². The maximum Gasteiger partial charge on any atom is 0.278 e. The Kier molecular flexibility index (Phi) is 4.49. The summed E-state index contributed by atoms with van der Waals surface area (Å²) in [6.07, 6.45) is 5.67. The summed E-state index contributed by atoms with van der Waals surface area (Å²) >= 11 is 0. The highest BCUT2D eigenvalue weighted by Crippen LogP contribution is 2.33. The van der Waals surface area contributed by atoms with Gasteiger partial charge in [-0.3, -0.25) is 9.78 Å². The van der Waals surface area contributed by atoms with E-state index < -0.39 is 0 Å². The summed E-state index contributed by atoms with van der Waals surface area (Å²) in [6, 6.07) is 8.17. The van der Waals surface area contributed by atoms with Gasteiger partial charge in [0.15, 0.2) is 0 Å². The average Bonchev–Trinajstić information content (AvgIpc) is 3.21. The van der Waals surface area contributed by atoms with Crippen molar-refractivity contribution in [2.24, 2.45) is 5.92 Å². The van der Waals surface area contributed by atoms with Crippen molar-refractivity contribution in [3.63, 3.8) is 0 Å². The van der Waals surface area contributed by atoms with Gasteiger partial charge in [0.25, 0.3) is 5.91 Å². The molecule has 2 aromatic rings. The Bertz CT molecular complexity index is 800. The van der Waals surface area contributed by atoms with Crippen LogP contribution in [0.4, 0.5) is 17.2 Å². The first-order chi connectivity index (χ1) is 12.6. The van der Waals surface area contributed by atoms with Crippen LogP contribution in [0.1, 0.15) is 37.2 Å². The van der Waals surface area contributed by atoms with Gasteiger partial charge in [-0.1, -0.05) is 26.0 Å². The van der Waals surface area contributed by atoms with E-state index >= 15 is 0 Å². The summed E-state index contributed by atoms with van der Waals surface area (Å²) in [5.74, 6) is 1.14. The number of carbonyl (C=O) groups excluding carboxylic acids is 1. The molecule has 1 aromatic carbocycles. The Labute approximate surface area is 154 Å². The molecule has 0 aliphatic carbocycles. The number of nitrogens with zero attached hydrogens (tertiary/aromatic N) is 4. The van der Waals surface area contributed by atoms with Crippen LogP contribution >= 0.6 is 0 Å². The summed E-state index contributed by atoms with van der Waals surface area (Å²) in [4.78, 5) is 26.2. The van der Waals surface area contributed by atoms with E-state index in [1.54, 1.807) is 12.4 Å². The molecule has 1 fully saturated rings. The molecule has 1 saturated heterocycles. The zero-order chi connectivity index (χ0) is 18.1. The summed E-state index contributed by atoms with van der Waals surface area (Å²) in [5.41, 5.74) is 2.31. The first kappa shape index (κ1) is 16.8. The maximum atomic E-state index is 13.3. The topological polar surface area (TPSA) is 61.4 Å². The fourth-order valence-corrected chi connectivity index (χ4v) is 3.64. The van der Waals surface area contributed by atoms with Crippen molar-refractivity contribution >= 4 is 23.1 Å². The number of hydrogen-bond donors (Lipinski definition) is 1. The van der Waals surface area contributed by atoms with Crippen LogP contribution in [0.15, 0.2) is 36.7 Å². The number of anilines is 3. The lowest BCUT2D eigenvalue weighted by Gasteiger charge is -2.37. The third-order valence-corrected chi connectivity index (χ3v) is 5.24. The highest BCUT2D eigenvalue weighted by atomic mass is 16.2. The molecule has 136 valence electrons. The Balaban J connectivity index is 1.66. The van der Waals surface area contributed by atoms with E-state index in [0.29, 0.717) is 18.2 Å². The van der Waals surface area contributed by atoms with Crippen LogP contribution in [-0.4, -0.2) is 41.6 Å². The molecular formula is C20H25N5O. The maximum absolute atomic E-state index is 13.3. The monoisotopic (exact) mass is 351 g/mol. The molecule has 6 nitrogen and oxygen atoms in total. The highest BCUT2D eigenvalue weighted by Gasteiger charge is 2.31. The Morgan fingerprint density at radius 3 is 2.73 bits per heavy atom. The van der Waals surface area contributed by atoms with Crippen LogP contribution < -0.4 is 15.1 Å². The van der Waals surface area contributed by atoms with Gasteiger partial charge in [-0.2, -0.15) is 0 Å². The van der Waals surface area contributed by atoms with Crippen LogP contribution in [0, 0.1) is 5.92 Å². The van der Waals surface area contributed by atoms with E-state index in [1.807, 2.05) is 29.2 Å². The molecule has 1 atom stereocenters. The molecule has 1 N–H and O–H groups in total. The Morgan fingerprint density at radius 1 is 1.19 bits per heavy atom. The number of benzene rings is 1. The minimum absolute atomic E-state index is 0.0850. The van der Waals surface area contributed by atoms with Crippen molar-refractivity contribution in [2.75, 3.05) is 34.8 Å². The second-order valence-electron chi connectivity index (χ2n) is 7.38. The fourth-order valence-electron chi connectivity index (χ4n) is 3.64. The van der Waals surface area contributed by atoms with Crippen molar-refractivity contribution in [1.82, 2.24) is 9.97 Å². The van der Waals surface area contributed by atoms with Gasteiger partial charge in [0.05, 0.1) is 23.8 Å². The summed E-state index contributed by atoms with van der Waals surface area (Å²) < 4.78 is 0. The molecule has 0 saturated carbocycles. The van der Waals surface area contributed by atoms with Gasteiger partial charge < -0.3 is 15.1 Å². The van der Waals surface area contributed by atoms with Crippen LogP contribution in [0.5, 0.6) is 0 Å². The van der Waals surface area contributed by atoms with E-state index in [4.69, 9.17) is 0 Å².